The van der Waals surface area contributed by atoms with Crippen LogP contribution in [0.3, 0.4) is 0 Å². The van der Waals surface area contributed by atoms with Crippen LogP contribution in [-0.2, 0) is 0 Å². The monoisotopic (exact) mass is 302 g/mol. The van der Waals surface area contributed by atoms with E-state index in [9.17, 15) is 0 Å². The third-order valence-corrected chi connectivity index (χ3v) is 4.49. The van der Waals surface area contributed by atoms with Gasteiger partial charge in [-0.15, -0.1) is 0 Å². The second-order valence-electron chi connectivity index (χ2n) is 6.01. The smallest absolute Gasteiger partial charge is 0.191 e. The molecule has 3 rings (SSSR count). The van der Waals surface area contributed by atoms with Crippen LogP contribution in [0.4, 0.5) is 0 Å². The van der Waals surface area contributed by atoms with Crippen LogP contribution in [0.25, 0.3) is 0 Å². The summed E-state index contributed by atoms with van der Waals surface area (Å²) in [5, 5.41) is 6.96. The highest BCUT2D eigenvalue weighted by atomic mass is 16.3. The van der Waals surface area contributed by atoms with E-state index in [1.807, 2.05) is 13.1 Å². The molecule has 120 valence electrons. The van der Waals surface area contributed by atoms with Gasteiger partial charge in [-0.25, -0.2) is 0 Å². The molecule has 0 amide bonds. The minimum absolute atomic E-state index is 0.276. The van der Waals surface area contributed by atoms with Crippen molar-refractivity contribution >= 4 is 5.96 Å². The Kier molecular flexibility index (Phi) is 5.16. The fourth-order valence-corrected chi connectivity index (χ4v) is 3.26. The molecule has 2 aliphatic rings. The van der Waals surface area contributed by atoms with E-state index in [1.165, 1.54) is 12.8 Å². The Bertz CT molecular complexity index is 495. The van der Waals surface area contributed by atoms with Gasteiger partial charge in [0.15, 0.2) is 5.96 Å². The van der Waals surface area contributed by atoms with Crippen LogP contribution in [0, 0.1) is 0 Å². The molecule has 1 aromatic heterocycles. The van der Waals surface area contributed by atoms with E-state index in [0.29, 0.717) is 6.04 Å². The van der Waals surface area contributed by atoms with Crippen molar-refractivity contribution in [1.29, 1.82) is 0 Å². The first-order chi connectivity index (χ1) is 10.9. The molecule has 0 bridgehead atoms. The molecule has 1 aliphatic heterocycles. The van der Waals surface area contributed by atoms with Gasteiger partial charge in [-0.3, -0.25) is 9.89 Å². The van der Waals surface area contributed by atoms with Crippen molar-refractivity contribution in [1.82, 2.24) is 15.5 Å². The van der Waals surface area contributed by atoms with Gasteiger partial charge in [-0.1, -0.05) is 12.2 Å². The van der Waals surface area contributed by atoms with Crippen molar-refractivity contribution in [3.63, 3.8) is 0 Å². The summed E-state index contributed by atoms with van der Waals surface area (Å²) < 4.78 is 5.66. The maximum absolute atomic E-state index is 5.66. The zero-order chi connectivity index (χ0) is 15.2. The molecule has 1 aromatic rings. The topological polar surface area (TPSA) is 52.8 Å². The van der Waals surface area contributed by atoms with E-state index in [2.05, 4.69) is 38.7 Å². The minimum Gasteiger partial charge on any atom is -0.468 e. The number of guanidine groups is 1. The summed E-state index contributed by atoms with van der Waals surface area (Å²) in [5.41, 5.74) is 0. The van der Waals surface area contributed by atoms with Gasteiger partial charge in [0.05, 0.1) is 12.3 Å². The molecule has 2 N–H and O–H groups in total. The lowest BCUT2D eigenvalue weighted by Gasteiger charge is -2.27. The Hall–Kier alpha value is -1.75. The molecule has 1 unspecified atom stereocenters. The third kappa shape index (κ3) is 3.71. The number of nitrogens with one attached hydrogen (secondary N) is 2. The number of hydrogen-bond donors (Lipinski definition) is 2. The molecule has 5 nitrogen and oxygen atoms in total. The van der Waals surface area contributed by atoms with E-state index in [4.69, 9.17) is 4.42 Å². The number of nitrogens with zero attached hydrogens (tertiary/aromatic N) is 2. The first kappa shape index (κ1) is 15.2. The normalized spacial score (nSPS) is 21.4. The Morgan fingerprint density at radius 3 is 2.77 bits per heavy atom. The number of furan rings is 1. The van der Waals surface area contributed by atoms with Crippen LogP contribution in [0.2, 0.25) is 0 Å². The highest BCUT2D eigenvalue weighted by Gasteiger charge is 2.25. The molecular formula is C17H26N4O. The number of likely N-dealkylation sites (tertiary alicyclic amines) is 1. The van der Waals surface area contributed by atoms with E-state index in [0.717, 1.165) is 44.2 Å². The van der Waals surface area contributed by atoms with E-state index in [-0.39, 0.29) is 6.04 Å². The predicted octanol–water partition coefficient (Wildman–Crippen LogP) is 2.30. The number of hydrogen-bond acceptors (Lipinski definition) is 3. The predicted molar refractivity (Wildman–Crippen MR) is 88.9 cm³/mol. The average Bonchev–Trinajstić information content (AvgIpc) is 3.29. The van der Waals surface area contributed by atoms with Crippen LogP contribution in [-0.4, -0.2) is 43.6 Å². The molecule has 1 aliphatic carbocycles. The molecule has 1 atom stereocenters. The summed E-state index contributed by atoms with van der Waals surface area (Å²) >= 11 is 0. The Morgan fingerprint density at radius 1 is 1.36 bits per heavy atom. The van der Waals surface area contributed by atoms with Gasteiger partial charge in [0.1, 0.15) is 5.76 Å². The van der Waals surface area contributed by atoms with Crippen molar-refractivity contribution < 1.29 is 4.42 Å². The van der Waals surface area contributed by atoms with Gasteiger partial charge in [0.25, 0.3) is 0 Å². The number of rotatable bonds is 5. The largest absolute Gasteiger partial charge is 0.468 e. The summed E-state index contributed by atoms with van der Waals surface area (Å²) in [6, 6.07) is 4.79. The Morgan fingerprint density at radius 2 is 2.14 bits per heavy atom. The fourth-order valence-electron chi connectivity index (χ4n) is 3.26. The number of aliphatic imine (C=N–C) groups is 1. The molecule has 0 spiro atoms. The highest BCUT2D eigenvalue weighted by Crippen LogP contribution is 2.24. The maximum Gasteiger partial charge on any atom is 0.191 e. The van der Waals surface area contributed by atoms with Gasteiger partial charge in [0, 0.05) is 19.6 Å². The lowest BCUT2D eigenvalue weighted by Crippen LogP contribution is -2.45. The molecule has 0 radical (unpaired) electrons. The van der Waals surface area contributed by atoms with Crippen molar-refractivity contribution in [3.8, 4) is 0 Å². The third-order valence-electron chi connectivity index (χ3n) is 4.49. The quantitative estimate of drug-likeness (QED) is 0.498. The zero-order valence-corrected chi connectivity index (χ0v) is 13.3. The molecule has 22 heavy (non-hydrogen) atoms. The SMILES string of the molecule is CN=C(NCC(c1ccco1)N1CCCC1)NC1CC=CC1. The van der Waals surface area contributed by atoms with E-state index in [1.54, 1.807) is 6.26 Å². The standard InChI is InChI=1S/C17H26N4O/c1-18-17(20-14-7-2-3-8-14)19-13-15(16-9-6-12-22-16)21-10-4-5-11-21/h2-3,6,9,12,14-15H,4-5,7-8,10-11,13H2,1H3,(H2,18,19,20). The maximum atomic E-state index is 5.66. The molecule has 0 aromatic carbocycles. The van der Waals surface area contributed by atoms with Gasteiger partial charge < -0.3 is 15.1 Å². The summed E-state index contributed by atoms with van der Waals surface area (Å²) in [5.74, 6) is 1.91. The first-order valence-electron chi connectivity index (χ1n) is 8.26. The van der Waals surface area contributed by atoms with Gasteiger partial charge in [0.2, 0.25) is 0 Å². The van der Waals surface area contributed by atoms with Crippen molar-refractivity contribution in [2.45, 2.75) is 37.8 Å². The van der Waals surface area contributed by atoms with Crippen LogP contribution in [0.1, 0.15) is 37.5 Å². The van der Waals surface area contributed by atoms with Crippen molar-refractivity contribution in [2.24, 2.45) is 4.99 Å². The minimum atomic E-state index is 0.276. The molecule has 1 fully saturated rings. The summed E-state index contributed by atoms with van der Waals surface area (Å²) in [6.07, 6.45) is 10.9. The summed E-state index contributed by atoms with van der Waals surface area (Å²) in [7, 11) is 1.83. The Labute approximate surface area is 132 Å². The van der Waals surface area contributed by atoms with Crippen molar-refractivity contribution in [3.05, 3.63) is 36.3 Å². The molecule has 5 heteroatoms. The average molecular weight is 302 g/mol. The van der Waals surface area contributed by atoms with Gasteiger partial charge >= 0.3 is 0 Å². The lowest BCUT2D eigenvalue weighted by atomic mass is 10.2. The molecule has 0 saturated carbocycles. The second-order valence-corrected chi connectivity index (χ2v) is 6.01. The van der Waals surface area contributed by atoms with E-state index >= 15 is 0 Å². The summed E-state index contributed by atoms with van der Waals surface area (Å²) in [6.45, 7) is 3.10. The lowest BCUT2D eigenvalue weighted by molar-refractivity contribution is 0.215. The molecular weight excluding hydrogens is 276 g/mol. The van der Waals surface area contributed by atoms with Gasteiger partial charge in [-0.05, 0) is 50.9 Å². The van der Waals surface area contributed by atoms with Crippen LogP contribution >= 0.6 is 0 Å². The van der Waals surface area contributed by atoms with E-state index < -0.39 is 0 Å². The van der Waals surface area contributed by atoms with Crippen LogP contribution in [0.5, 0.6) is 0 Å². The Balaban J connectivity index is 1.57. The summed E-state index contributed by atoms with van der Waals surface area (Å²) in [4.78, 5) is 6.85. The highest BCUT2D eigenvalue weighted by molar-refractivity contribution is 5.80. The van der Waals surface area contributed by atoms with Crippen LogP contribution in [0.15, 0.2) is 40.0 Å². The van der Waals surface area contributed by atoms with Crippen molar-refractivity contribution in [2.75, 3.05) is 26.7 Å². The van der Waals surface area contributed by atoms with Gasteiger partial charge in [-0.2, -0.15) is 0 Å². The molecule has 1 saturated heterocycles. The first-order valence-corrected chi connectivity index (χ1v) is 8.26. The van der Waals surface area contributed by atoms with Crippen LogP contribution < -0.4 is 10.6 Å². The second kappa shape index (κ2) is 7.49. The fraction of sp³-hybridized carbons (Fsp3) is 0.588. The zero-order valence-electron chi connectivity index (χ0n) is 13.3. The molecule has 2 heterocycles.